The first-order valence-electron chi connectivity index (χ1n) is 4.14. The highest BCUT2D eigenvalue weighted by atomic mass is 14.9. The van der Waals surface area contributed by atoms with Gasteiger partial charge in [0, 0.05) is 17.3 Å². The number of aromatic amines is 1. The maximum absolute atomic E-state index is 4.03. The number of H-pyrrole nitrogens is 1. The smallest absolute Gasteiger partial charge is 0.0922 e. The fourth-order valence-electron chi connectivity index (χ4n) is 1.50. The largest absolute Gasteiger partial charge is 0.348 e. The molecule has 12 heavy (non-hydrogen) atoms. The number of hydrogen-bond acceptors (Lipinski definition) is 1. The molecule has 1 N–H and O–H groups in total. The normalized spacial score (nSPS) is 27.8. The monoisotopic (exact) mass is 160 g/mol. The first kappa shape index (κ1) is 7.35. The molecular weight excluding hydrogens is 148 g/mol. The minimum absolute atomic E-state index is 0.116. The molecular formula is C10H12N2. The third kappa shape index (κ3) is 1.09. The molecule has 1 aromatic heterocycles. The van der Waals surface area contributed by atoms with Gasteiger partial charge in [-0.2, -0.15) is 0 Å². The molecule has 1 atom stereocenters. The van der Waals surface area contributed by atoms with Gasteiger partial charge >= 0.3 is 0 Å². The SMILES string of the molecule is CC1(c2cnc[nH]2)C=CC=CC1. The lowest BCUT2D eigenvalue weighted by Gasteiger charge is -2.24. The van der Waals surface area contributed by atoms with Crippen LogP contribution in [0, 0.1) is 0 Å². The lowest BCUT2D eigenvalue weighted by Crippen LogP contribution is -2.19. The molecule has 0 spiro atoms. The van der Waals surface area contributed by atoms with Crippen LogP contribution in [0.5, 0.6) is 0 Å². The Labute approximate surface area is 72.0 Å². The molecule has 0 aliphatic heterocycles. The lowest BCUT2D eigenvalue weighted by atomic mass is 9.81. The van der Waals surface area contributed by atoms with Crippen molar-refractivity contribution in [2.24, 2.45) is 0 Å². The van der Waals surface area contributed by atoms with E-state index in [1.54, 1.807) is 6.33 Å². The van der Waals surface area contributed by atoms with Crippen molar-refractivity contribution in [1.82, 2.24) is 9.97 Å². The summed E-state index contributed by atoms with van der Waals surface area (Å²) in [4.78, 5) is 7.18. The Morgan fingerprint density at radius 2 is 2.42 bits per heavy atom. The molecule has 0 radical (unpaired) electrons. The predicted octanol–water partition coefficient (Wildman–Crippen LogP) is 2.18. The van der Waals surface area contributed by atoms with E-state index in [4.69, 9.17) is 0 Å². The van der Waals surface area contributed by atoms with Crippen molar-refractivity contribution >= 4 is 0 Å². The van der Waals surface area contributed by atoms with E-state index in [1.807, 2.05) is 6.20 Å². The van der Waals surface area contributed by atoms with Crippen molar-refractivity contribution in [3.63, 3.8) is 0 Å². The Hall–Kier alpha value is -1.31. The second-order valence-electron chi connectivity index (χ2n) is 3.37. The van der Waals surface area contributed by atoms with Crippen molar-refractivity contribution in [3.05, 3.63) is 42.5 Å². The predicted molar refractivity (Wildman–Crippen MR) is 48.8 cm³/mol. The zero-order chi connectivity index (χ0) is 8.44. The summed E-state index contributed by atoms with van der Waals surface area (Å²) in [5, 5.41) is 0. The van der Waals surface area contributed by atoms with E-state index < -0.39 is 0 Å². The average Bonchev–Trinajstić information content (AvgIpc) is 2.58. The molecule has 1 aliphatic rings. The third-order valence-electron chi connectivity index (χ3n) is 2.37. The Balaban J connectivity index is 2.34. The second kappa shape index (κ2) is 2.63. The van der Waals surface area contributed by atoms with Gasteiger partial charge in [-0.3, -0.25) is 0 Å². The van der Waals surface area contributed by atoms with Crippen LogP contribution in [0.2, 0.25) is 0 Å². The van der Waals surface area contributed by atoms with Gasteiger partial charge in [-0.25, -0.2) is 4.98 Å². The van der Waals surface area contributed by atoms with Crippen LogP contribution in [0.3, 0.4) is 0 Å². The van der Waals surface area contributed by atoms with E-state index >= 15 is 0 Å². The Kier molecular flexibility index (Phi) is 1.61. The molecule has 0 amide bonds. The first-order chi connectivity index (χ1) is 5.81. The van der Waals surface area contributed by atoms with Crippen LogP contribution in [0.1, 0.15) is 19.0 Å². The summed E-state index contributed by atoms with van der Waals surface area (Å²) in [7, 11) is 0. The summed E-state index contributed by atoms with van der Waals surface area (Å²) in [5.41, 5.74) is 1.30. The fraction of sp³-hybridized carbons (Fsp3) is 0.300. The van der Waals surface area contributed by atoms with Gasteiger partial charge < -0.3 is 4.98 Å². The van der Waals surface area contributed by atoms with Crippen molar-refractivity contribution < 1.29 is 0 Å². The van der Waals surface area contributed by atoms with Gasteiger partial charge in [-0.15, -0.1) is 0 Å². The van der Waals surface area contributed by atoms with E-state index in [-0.39, 0.29) is 5.41 Å². The molecule has 0 aromatic carbocycles. The van der Waals surface area contributed by atoms with Gasteiger partial charge in [-0.05, 0) is 6.42 Å². The van der Waals surface area contributed by atoms with Gasteiger partial charge in [-0.1, -0.05) is 31.2 Å². The maximum atomic E-state index is 4.03. The fourth-order valence-corrected chi connectivity index (χ4v) is 1.50. The Morgan fingerprint density at radius 1 is 1.50 bits per heavy atom. The molecule has 1 aliphatic carbocycles. The number of rotatable bonds is 1. The Morgan fingerprint density at radius 3 is 3.00 bits per heavy atom. The van der Waals surface area contributed by atoms with E-state index in [0.717, 1.165) is 6.42 Å². The van der Waals surface area contributed by atoms with E-state index in [1.165, 1.54) is 5.69 Å². The summed E-state index contributed by atoms with van der Waals surface area (Å²) in [6.45, 7) is 2.21. The van der Waals surface area contributed by atoms with Crippen LogP contribution in [-0.4, -0.2) is 9.97 Å². The molecule has 0 bridgehead atoms. The summed E-state index contributed by atoms with van der Waals surface area (Å²) in [5.74, 6) is 0. The van der Waals surface area contributed by atoms with Crippen LogP contribution in [0.15, 0.2) is 36.8 Å². The number of aromatic nitrogens is 2. The number of nitrogens with zero attached hydrogens (tertiary/aromatic N) is 1. The summed E-state index contributed by atoms with van der Waals surface area (Å²) >= 11 is 0. The van der Waals surface area contributed by atoms with Gasteiger partial charge in [0.05, 0.1) is 6.33 Å². The molecule has 0 saturated heterocycles. The van der Waals surface area contributed by atoms with Gasteiger partial charge in [0.15, 0.2) is 0 Å². The van der Waals surface area contributed by atoms with Crippen molar-refractivity contribution in [2.75, 3.05) is 0 Å². The molecule has 1 aromatic rings. The van der Waals surface area contributed by atoms with E-state index in [0.29, 0.717) is 0 Å². The first-order valence-corrected chi connectivity index (χ1v) is 4.14. The molecule has 1 heterocycles. The van der Waals surface area contributed by atoms with Crippen molar-refractivity contribution in [3.8, 4) is 0 Å². The van der Waals surface area contributed by atoms with Gasteiger partial charge in [0.1, 0.15) is 0 Å². The maximum Gasteiger partial charge on any atom is 0.0922 e. The molecule has 0 fully saturated rings. The molecule has 2 heteroatoms. The van der Waals surface area contributed by atoms with Gasteiger partial charge in [0.2, 0.25) is 0 Å². The van der Waals surface area contributed by atoms with Crippen LogP contribution in [-0.2, 0) is 5.41 Å². The average molecular weight is 160 g/mol. The third-order valence-corrected chi connectivity index (χ3v) is 2.37. The van der Waals surface area contributed by atoms with Crippen LogP contribution < -0.4 is 0 Å². The van der Waals surface area contributed by atoms with E-state index in [2.05, 4.69) is 41.2 Å². The highest BCUT2D eigenvalue weighted by Crippen LogP contribution is 2.29. The van der Waals surface area contributed by atoms with Crippen LogP contribution in [0.4, 0.5) is 0 Å². The van der Waals surface area contributed by atoms with Crippen LogP contribution in [0.25, 0.3) is 0 Å². The molecule has 2 nitrogen and oxygen atoms in total. The number of allylic oxidation sites excluding steroid dienone is 4. The zero-order valence-electron chi connectivity index (χ0n) is 7.12. The Bertz CT molecular complexity index is 309. The topological polar surface area (TPSA) is 28.7 Å². The quantitative estimate of drug-likeness (QED) is 0.670. The molecule has 62 valence electrons. The highest BCUT2D eigenvalue weighted by molar-refractivity contribution is 5.28. The standard InChI is InChI=1S/C10H12N2/c1-10(5-3-2-4-6-10)9-7-11-8-12-9/h2-5,7-8H,6H2,1H3,(H,11,12). The second-order valence-corrected chi connectivity index (χ2v) is 3.37. The summed E-state index contributed by atoms with van der Waals surface area (Å²) < 4.78 is 0. The van der Waals surface area contributed by atoms with Crippen LogP contribution >= 0.6 is 0 Å². The highest BCUT2D eigenvalue weighted by Gasteiger charge is 2.24. The molecule has 0 saturated carbocycles. The molecule has 2 rings (SSSR count). The zero-order valence-corrected chi connectivity index (χ0v) is 7.12. The lowest BCUT2D eigenvalue weighted by molar-refractivity contribution is 0.582. The van der Waals surface area contributed by atoms with E-state index in [9.17, 15) is 0 Å². The van der Waals surface area contributed by atoms with Crippen molar-refractivity contribution in [1.29, 1.82) is 0 Å². The minimum atomic E-state index is 0.116. The summed E-state index contributed by atoms with van der Waals surface area (Å²) in [6, 6.07) is 0. The molecule has 1 unspecified atom stereocenters. The summed E-state index contributed by atoms with van der Waals surface area (Å²) in [6.07, 6.45) is 13.2. The minimum Gasteiger partial charge on any atom is -0.348 e. The number of imidazole rings is 1. The number of nitrogens with one attached hydrogen (secondary N) is 1. The van der Waals surface area contributed by atoms with Crippen molar-refractivity contribution in [2.45, 2.75) is 18.8 Å². The van der Waals surface area contributed by atoms with Gasteiger partial charge in [0.25, 0.3) is 0 Å². The number of hydrogen-bond donors (Lipinski definition) is 1.